The number of fused-ring (bicyclic) bond motifs is 1. The van der Waals surface area contributed by atoms with E-state index in [0.29, 0.717) is 76.2 Å². The Morgan fingerprint density at radius 1 is 1.10 bits per heavy atom. The maximum Gasteiger partial charge on any atom is 0.273 e. The summed E-state index contributed by atoms with van der Waals surface area (Å²) in [6.07, 6.45) is 1.53. The van der Waals surface area contributed by atoms with Gasteiger partial charge in [-0.3, -0.25) is 14.4 Å². The van der Waals surface area contributed by atoms with E-state index in [4.69, 9.17) is 11.3 Å². The molecule has 2 aromatic rings. The summed E-state index contributed by atoms with van der Waals surface area (Å²) in [5.41, 5.74) is 2.22. The van der Waals surface area contributed by atoms with E-state index in [2.05, 4.69) is 4.90 Å². The van der Waals surface area contributed by atoms with E-state index in [9.17, 15) is 14.4 Å². The van der Waals surface area contributed by atoms with Gasteiger partial charge in [0.2, 0.25) is 17.8 Å². The largest absolute Gasteiger partial charge is 0.344 e. The molecular formula is C29H39N7O3. The molecule has 39 heavy (non-hydrogen) atoms. The number of benzene rings is 1. The van der Waals surface area contributed by atoms with E-state index in [0.717, 1.165) is 17.5 Å². The second-order valence-corrected chi connectivity index (χ2v) is 10.8. The van der Waals surface area contributed by atoms with E-state index in [1.54, 1.807) is 21.6 Å². The van der Waals surface area contributed by atoms with Crippen molar-refractivity contribution in [3.8, 4) is 0 Å². The molecule has 1 aromatic heterocycles. The Morgan fingerprint density at radius 3 is 2.51 bits per heavy atom. The second kappa shape index (κ2) is 11.2. The van der Waals surface area contributed by atoms with Crippen molar-refractivity contribution in [2.75, 3.05) is 49.1 Å². The van der Waals surface area contributed by atoms with Crippen LogP contribution in [0.25, 0.3) is 0 Å². The van der Waals surface area contributed by atoms with Crippen LogP contribution in [0.15, 0.2) is 30.3 Å². The minimum absolute atomic E-state index is 0.00605. The van der Waals surface area contributed by atoms with Gasteiger partial charge in [0.15, 0.2) is 0 Å². The number of hydrogen-bond acceptors (Lipinski definition) is 7. The Kier molecular flexibility index (Phi) is 7.34. The molecule has 0 saturated carbocycles. The average molecular weight is 535 g/mol. The van der Waals surface area contributed by atoms with E-state index in [1.165, 1.54) is 0 Å². The van der Waals surface area contributed by atoms with Gasteiger partial charge in [0.05, 0.1) is 6.54 Å². The Hall–Kier alpha value is -3.69. The normalized spacial score (nSPS) is 19.5. The molecule has 2 fully saturated rings. The molecule has 0 N–H and O–H groups in total. The molecule has 0 spiro atoms. The van der Waals surface area contributed by atoms with Crippen molar-refractivity contribution in [1.29, 1.82) is 0 Å². The molecule has 3 amide bonds. The highest BCUT2D eigenvalue weighted by Crippen LogP contribution is 2.36. The summed E-state index contributed by atoms with van der Waals surface area (Å²) < 4.78 is 7.84. The SMILES string of the molecule is [2H]CCN(Cc1ccccc1)C(=O)[C@@H]1CCCN1c1nc(N2CCN(C(C)=O)CC2)nc2c1CN(C(C)C)C2=O. The number of carbonyl (C=O) groups is 3. The van der Waals surface area contributed by atoms with Gasteiger partial charge in [-0.1, -0.05) is 30.3 Å². The highest BCUT2D eigenvalue weighted by atomic mass is 16.2. The van der Waals surface area contributed by atoms with Gasteiger partial charge in [0.1, 0.15) is 17.6 Å². The highest BCUT2D eigenvalue weighted by molar-refractivity contribution is 5.99. The zero-order valence-corrected chi connectivity index (χ0v) is 23.2. The van der Waals surface area contributed by atoms with Crippen LogP contribution in [0.3, 0.4) is 0 Å². The first-order valence-electron chi connectivity index (χ1n) is 14.6. The maximum absolute atomic E-state index is 14.0. The van der Waals surface area contributed by atoms with Gasteiger partial charge >= 0.3 is 0 Å². The van der Waals surface area contributed by atoms with Crippen molar-refractivity contribution >= 4 is 29.5 Å². The lowest BCUT2D eigenvalue weighted by Gasteiger charge is -2.35. The van der Waals surface area contributed by atoms with Crippen molar-refractivity contribution in [1.82, 2.24) is 24.7 Å². The quantitative estimate of drug-likeness (QED) is 0.539. The lowest BCUT2D eigenvalue weighted by atomic mass is 10.1. The Balaban J connectivity index is 1.48. The molecule has 0 bridgehead atoms. The number of rotatable bonds is 7. The Labute approximate surface area is 232 Å². The minimum Gasteiger partial charge on any atom is -0.344 e. The van der Waals surface area contributed by atoms with Crippen LogP contribution in [-0.2, 0) is 22.7 Å². The van der Waals surface area contributed by atoms with Crippen LogP contribution in [0.5, 0.6) is 0 Å². The molecule has 10 heteroatoms. The van der Waals surface area contributed by atoms with Crippen molar-refractivity contribution < 1.29 is 15.8 Å². The molecular weight excluding hydrogens is 494 g/mol. The summed E-state index contributed by atoms with van der Waals surface area (Å²) in [4.78, 5) is 58.5. The Bertz CT molecular complexity index is 1250. The summed E-state index contributed by atoms with van der Waals surface area (Å²) in [5.74, 6) is 1.05. The number of piperazine rings is 1. The third kappa shape index (κ3) is 5.29. The number of amides is 3. The predicted molar refractivity (Wildman–Crippen MR) is 149 cm³/mol. The molecule has 1 atom stereocenters. The van der Waals surface area contributed by atoms with Gasteiger partial charge in [-0.2, -0.15) is 4.98 Å². The molecule has 3 aliphatic heterocycles. The third-order valence-electron chi connectivity index (χ3n) is 8.00. The molecule has 1 aromatic carbocycles. The molecule has 2 saturated heterocycles. The van der Waals surface area contributed by atoms with Gasteiger partial charge in [0.25, 0.3) is 5.91 Å². The van der Waals surface area contributed by atoms with E-state index in [1.807, 2.05) is 49.1 Å². The first-order chi connectivity index (χ1) is 19.3. The Morgan fingerprint density at radius 2 is 1.85 bits per heavy atom. The van der Waals surface area contributed by atoms with Crippen molar-refractivity contribution in [3.05, 3.63) is 47.2 Å². The summed E-state index contributed by atoms with van der Waals surface area (Å²) in [5, 5.41) is 0. The summed E-state index contributed by atoms with van der Waals surface area (Å²) in [6, 6.07) is 9.45. The lowest BCUT2D eigenvalue weighted by molar-refractivity contribution is -0.133. The lowest BCUT2D eigenvalue weighted by Crippen LogP contribution is -2.49. The predicted octanol–water partition coefficient (Wildman–Crippen LogP) is 2.53. The summed E-state index contributed by atoms with van der Waals surface area (Å²) >= 11 is 0. The number of aromatic nitrogens is 2. The number of carbonyl (C=O) groups excluding carboxylic acids is 3. The van der Waals surface area contributed by atoms with Crippen LogP contribution in [0, 0.1) is 0 Å². The van der Waals surface area contributed by atoms with E-state index < -0.39 is 6.04 Å². The van der Waals surface area contributed by atoms with Crippen LogP contribution in [0.1, 0.15) is 63.5 Å². The number of anilines is 2. The molecule has 208 valence electrons. The molecule has 5 rings (SSSR count). The molecule has 0 unspecified atom stereocenters. The van der Waals surface area contributed by atoms with Crippen molar-refractivity contribution in [2.24, 2.45) is 0 Å². The average Bonchev–Trinajstić information content (AvgIpc) is 3.58. The van der Waals surface area contributed by atoms with Gasteiger partial charge in [-0.05, 0) is 39.2 Å². The maximum atomic E-state index is 14.0. The number of nitrogens with zero attached hydrogens (tertiary/aromatic N) is 7. The fourth-order valence-corrected chi connectivity index (χ4v) is 5.74. The summed E-state index contributed by atoms with van der Waals surface area (Å²) in [7, 11) is 0. The molecule has 0 radical (unpaired) electrons. The minimum atomic E-state index is -0.417. The van der Waals surface area contributed by atoms with Crippen molar-refractivity contribution in [3.63, 3.8) is 0 Å². The monoisotopic (exact) mass is 534 g/mol. The van der Waals surface area contributed by atoms with Gasteiger partial charge in [0, 0.05) is 65.7 Å². The molecule has 3 aliphatic rings. The fourth-order valence-electron chi connectivity index (χ4n) is 5.74. The summed E-state index contributed by atoms with van der Waals surface area (Å²) in [6.45, 7) is 9.87. The van der Waals surface area contributed by atoms with Gasteiger partial charge < -0.3 is 24.5 Å². The topological polar surface area (TPSA) is 93.2 Å². The highest BCUT2D eigenvalue weighted by Gasteiger charge is 2.41. The van der Waals surface area contributed by atoms with E-state index >= 15 is 0 Å². The third-order valence-corrected chi connectivity index (χ3v) is 8.00. The zero-order chi connectivity index (χ0) is 28.4. The standard InChI is InChI=1S/C29H39N7O3/c1-5-32(18-22-10-7-6-8-11-22)27(38)24-12-9-13-35(24)26-23-19-36(20(2)3)28(39)25(23)30-29(31-26)34-16-14-33(15-17-34)21(4)37/h6-8,10-11,20,24H,5,9,12-19H2,1-4H3/t24-/m0/s1/i1D. The van der Waals surface area contributed by atoms with Crippen LogP contribution in [0.4, 0.5) is 11.8 Å². The first kappa shape index (κ1) is 25.6. The number of likely N-dealkylation sites (N-methyl/N-ethyl adjacent to an activating group) is 1. The second-order valence-electron chi connectivity index (χ2n) is 10.8. The van der Waals surface area contributed by atoms with Crippen molar-refractivity contribution in [2.45, 2.75) is 65.7 Å². The van der Waals surface area contributed by atoms with Crippen LogP contribution < -0.4 is 9.80 Å². The zero-order valence-electron chi connectivity index (χ0n) is 24.2. The first-order valence-corrected chi connectivity index (χ1v) is 13.9. The van der Waals surface area contributed by atoms with Gasteiger partial charge in [-0.25, -0.2) is 4.98 Å². The van der Waals surface area contributed by atoms with Crippen LogP contribution >= 0.6 is 0 Å². The molecule has 10 nitrogen and oxygen atoms in total. The smallest absolute Gasteiger partial charge is 0.273 e. The van der Waals surface area contributed by atoms with Crippen LogP contribution in [-0.4, -0.2) is 93.7 Å². The van der Waals surface area contributed by atoms with Crippen LogP contribution in [0.2, 0.25) is 0 Å². The molecule has 0 aliphatic carbocycles. The van der Waals surface area contributed by atoms with Gasteiger partial charge in [-0.15, -0.1) is 0 Å². The fraction of sp³-hybridized carbons (Fsp3) is 0.552. The number of hydrogen-bond donors (Lipinski definition) is 0. The molecule has 4 heterocycles. The van der Waals surface area contributed by atoms with E-state index in [-0.39, 0.29) is 30.7 Å².